The van der Waals surface area contributed by atoms with Gasteiger partial charge in [-0.3, -0.25) is 4.79 Å². The second kappa shape index (κ2) is 11.9. The van der Waals surface area contributed by atoms with E-state index in [1.165, 1.54) is 18.2 Å². The third kappa shape index (κ3) is 7.40. The van der Waals surface area contributed by atoms with E-state index in [1.54, 1.807) is 60.7 Å². The number of nitrogens with zero attached hydrogens (tertiary/aromatic N) is 1. The molecule has 0 aliphatic heterocycles. The number of carbonyl (C=O) groups excluding carboxylic acids is 1. The van der Waals surface area contributed by atoms with Crippen LogP contribution in [-0.4, -0.2) is 25.7 Å². The van der Waals surface area contributed by atoms with Crippen molar-refractivity contribution in [3.05, 3.63) is 89.8 Å². The van der Waals surface area contributed by atoms with Gasteiger partial charge in [0.25, 0.3) is 0 Å². The van der Waals surface area contributed by atoms with E-state index < -0.39 is 0 Å². The van der Waals surface area contributed by atoms with Gasteiger partial charge < -0.3 is 19.5 Å². The number of ether oxygens (including phenoxy) is 3. The van der Waals surface area contributed by atoms with Gasteiger partial charge in [0.15, 0.2) is 11.5 Å². The summed E-state index contributed by atoms with van der Waals surface area (Å²) in [5.74, 6) is 1.02. The van der Waals surface area contributed by atoms with E-state index in [-0.39, 0.29) is 24.9 Å². The van der Waals surface area contributed by atoms with E-state index in [2.05, 4.69) is 5.32 Å². The first-order chi connectivity index (χ1) is 16.1. The zero-order chi connectivity index (χ0) is 23.5. The number of rotatable bonds is 10. The Morgan fingerprint density at radius 3 is 2.55 bits per heavy atom. The highest BCUT2D eigenvalue weighted by atomic mass is 19.1. The van der Waals surface area contributed by atoms with E-state index in [9.17, 15) is 9.18 Å². The Labute approximate surface area is 191 Å². The molecule has 0 aliphatic rings. The molecule has 0 saturated carbocycles. The van der Waals surface area contributed by atoms with Crippen molar-refractivity contribution in [3.63, 3.8) is 0 Å². The predicted octanol–water partition coefficient (Wildman–Crippen LogP) is 5.21. The molecule has 0 radical (unpaired) electrons. The average molecular weight is 446 g/mol. The lowest BCUT2D eigenvalue weighted by Crippen LogP contribution is -2.10. The summed E-state index contributed by atoms with van der Waals surface area (Å²) in [5.41, 5.74) is 1.77. The van der Waals surface area contributed by atoms with E-state index in [0.717, 1.165) is 5.56 Å². The highest BCUT2D eigenvalue weighted by molar-refractivity contribution is 6.02. The fourth-order valence-electron chi connectivity index (χ4n) is 2.88. The van der Waals surface area contributed by atoms with Gasteiger partial charge in [0.1, 0.15) is 24.8 Å². The molecular formula is C26H23FN2O4. The molecule has 6 nitrogen and oxygen atoms in total. The summed E-state index contributed by atoms with van der Waals surface area (Å²) >= 11 is 0. The van der Waals surface area contributed by atoms with E-state index in [1.807, 2.05) is 13.0 Å². The van der Waals surface area contributed by atoms with Gasteiger partial charge in [-0.25, -0.2) is 4.39 Å². The first-order valence-electron chi connectivity index (χ1n) is 10.3. The van der Waals surface area contributed by atoms with Crippen molar-refractivity contribution in [2.75, 3.05) is 25.1 Å². The van der Waals surface area contributed by atoms with Gasteiger partial charge in [-0.2, -0.15) is 5.26 Å². The van der Waals surface area contributed by atoms with Gasteiger partial charge in [-0.15, -0.1) is 0 Å². The van der Waals surface area contributed by atoms with Crippen molar-refractivity contribution in [1.82, 2.24) is 0 Å². The molecule has 3 rings (SSSR count). The Bertz CT molecular complexity index is 1150. The standard InChI is InChI=1S/C26H23FN2O4/c1-2-31-25-17-19(7-13-26(30)29-22-5-3-4-20(16-22)18-28)6-12-24(25)33-15-14-32-23-10-8-21(27)9-11-23/h3-13,16-17H,2,14-15H2,1H3,(H,29,30). The molecule has 0 aliphatic carbocycles. The van der Waals surface area contributed by atoms with Gasteiger partial charge in [-0.05, 0) is 73.2 Å². The van der Waals surface area contributed by atoms with Crippen molar-refractivity contribution in [1.29, 1.82) is 5.26 Å². The number of amides is 1. The summed E-state index contributed by atoms with van der Waals surface area (Å²) in [7, 11) is 0. The molecule has 3 aromatic carbocycles. The maximum atomic E-state index is 12.9. The maximum Gasteiger partial charge on any atom is 0.248 e. The molecule has 0 atom stereocenters. The molecule has 1 amide bonds. The molecular weight excluding hydrogens is 423 g/mol. The van der Waals surface area contributed by atoms with Gasteiger partial charge >= 0.3 is 0 Å². The topological polar surface area (TPSA) is 80.6 Å². The summed E-state index contributed by atoms with van der Waals surface area (Å²) in [6.45, 7) is 2.88. The number of nitrogens with one attached hydrogen (secondary N) is 1. The average Bonchev–Trinajstić information content (AvgIpc) is 2.83. The lowest BCUT2D eigenvalue weighted by Gasteiger charge is -2.13. The minimum Gasteiger partial charge on any atom is -0.490 e. The van der Waals surface area contributed by atoms with Crippen molar-refractivity contribution < 1.29 is 23.4 Å². The Morgan fingerprint density at radius 1 is 1.00 bits per heavy atom. The molecule has 0 bridgehead atoms. The Morgan fingerprint density at radius 2 is 1.79 bits per heavy atom. The van der Waals surface area contributed by atoms with Crippen LogP contribution in [0.15, 0.2) is 72.8 Å². The third-order valence-corrected chi connectivity index (χ3v) is 4.38. The molecule has 0 heterocycles. The van der Waals surface area contributed by atoms with E-state index in [4.69, 9.17) is 19.5 Å². The quantitative estimate of drug-likeness (QED) is 0.342. The maximum absolute atomic E-state index is 12.9. The summed E-state index contributed by atoms with van der Waals surface area (Å²) in [6.07, 6.45) is 3.06. The minimum atomic E-state index is -0.320. The van der Waals surface area contributed by atoms with Crippen LogP contribution >= 0.6 is 0 Å². The zero-order valence-corrected chi connectivity index (χ0v) is 18.1. The largest absolute Gasteiger partial charge is 0.490 e. The second-order valence-corrected chi connectivity index (χ2v) is 6.81. The first kappa shape index (κ1) is 23.4. The monoisotopic (exact) mass is 446 g/mol. The van der Waals surface area contributed by atoms with Crippen LogP contribution in [0.1, 0.15) is 18.1 Å². The zero-order valence-electron chi connectivity index (χ0n) is 18.1. The Balaban J connectivity index is 1.57. The summed E-state index contributed by atoms with van der Waals surface area (Å²) in [4.78, 5) is 12.2. The molecule has 0 aromatic heterocycles. The van der Waals surface area contributed by atoms with E-state index >= 15 is 0 Å². The normalized spacial score (nSPS) is 10.5. The summed E-state index contributed by atoms with van der Waals surface area (Å²) in [5, 5.41) is 11.7. The fraction of sp³-hybridized carbons (Fsp3) is 0.154. The van der Waals surface area contributed by atoms with Gasteiger partial charge in [0.05, 0.1) is 18.2 Å². The number of halogens is 1. The van der Waals surface area contributed by atoms with Crippen LogP contribution < -0.4 is 19.5 Å². The third-order valence-electron chi connectivity index (χ3n) is 4.38. The van der Waals surface area contributed by atoms with Crippen molar-refractivity contribution >= 4 is 17.7 Å². The number of anilines is 1. The van der Waals surface area contributed by atoms with Crippen LogP contribution in [0.4, 0.5) is 10.1 Å². The second-order valence-electron chi connectivity index (χ2n) is 6.81. The van der Waals surface area contributed by atoms with Crippen LogP contribution in [0.25, 0.3) is 6.08 Å². The molecule has 168 valence electrons. The van der Waals surface area contributed by atoms with Crippen LogP contribution in [0.5, 0.6) is 17.2 Å². The van der Waals surface area contributed by atoms with Crippen molar-refractivity contribution in [2.45, 2.75) is 6.92 Å². The molecule has 7 heteroatoms. The van der Waals surface area contributed by atoms with Crippen LogP contribution in [0, 0.1) is 17.1 Å². The smallest absolute Gasteiger partial charge is 0.248 e. The number of carbonyl (C=O) groups is 1. The molecule has 0 saturated heterocycles. The van der Waals surface area contributed by atoms with E-state index in [0.29, 0.717) is 35.1 Å². The predicted molar refractivity (Wildman–Crippen MR) is 124 cm³/mol. The van der Waals surface area contributed by atoms with Gasteiger partial charge in [0.2, 0.25) is 5.91 Å². The number of nitriles is 1. The summed E-state index contributed by atoms with van der Waals surface area (Å²) in [6, 6.07) is 19.8. The van der Waals surface area contributed by atoms with Crippen LogP contribution in [0.2, 0.25) is 0 Å². The Hall–Kier alpha value is -4.31. The molecule has 3 aromatic rings. The highest BCUT2D eigenvalue weighted by Gasteiger charge is 2.07. The van der Waals surface area contributed by atoms with Gasteiger partial charge in [-0.1, -0.05) is 12.1 Å². The number of hydrogen-bond donors (Lipinski definition) is 1. The molecule has 33 heavy (non-hydrogen) atoms. The molecule has 0 spiro atoms. The number of hydrogen-bond acceptors (Lipinski definition) is 5. The first-order valence-corrected chi connectivity index (χ1v) is 10.3. The summed E-state index contributed by atoms with van der Waals surface area (Å²) < 4.78 is 29.9. The van der Waals surface area contributed by atoms with Gasteiger partial charge in [0, 0.05) is 11.8 Å². The lowest BCUT2D eigenvalue weighted by molar-refractivity contribution is -0.111. The molecule has 0 fully saturated rings. The van der Waals surface area contributed by atoms with Crippen molar-refractivity contribution in [3.8, 4) is 23.3 Å². The lowest BCUT2D eigenvalue weighted by atomic mass is 10.2. The molecule has 1 N–H and O–H groups in total. The van der Waals surface area contributed by atoms with Crippen LogP contribution in [0.3, 0.4) is 0 Å². The van der Waals surface area contributed by atoms with Crippen molar-refractivity contribution in [2.24, 2.45) is 0 Å². The minimum absolute atomic E-state index is 0.275. The highest BCUT2D eigenvalue weighted by Crippen LogP contribution is 2.29. The Kier molecular flexibility index (Phi) is 8.43. The molecule has 0 unspecified atom stereocenters. The number of benzene rings is 3. The SMILES string of the molecule is CCOc1cc(C=CC(=O)Nc2cccc(C#N)c2)ccc1OCCOc1ccc(F)cc1. The van der Waals surface area contributed by atoms with Crippen LogP contribution in [-0.2, 0) is 4.79 Å². The fourth-order valence-corrected chi connectivity index (χ4v) is 2.88.